The number of amidine groups is 1. The van der Waals surface area contributed by atoms with Crippen LogP contribution in [0, 0.1) is 0 Å². The lowest BCUT2D eigenvalue weighted by Crippen LogP contribution is -2.28. The molecule has 0 saturated heterocycles. The molecule has 1 aliphatic rings. The summed E-state index contributed by atoms with van der Waals surface area (Å²) in [6.07, 6.45) is 0.520. The van der Waals surface area contributed by atoms with Crippen molar-refractivity contribution >= 4 is 34.9 Å². The Labute approximate surface area is 103 Å². The predicted molar refractivity (Wildman–Crippen MR) is 65.2 cm³/mol. The summed E-state index contributed by atoms with van der Waals surface area (Å²) in [6.45, 7) is 1.76. The predicted octanol–water partition coefficient (Wildman–Crippen LogP) is 2.45. The van der Waals surface area contributed by atoms with Gasteiger partial charge in [0.25, 0.3) is 0 Å². The van der Waals surface area contributed by atoms with Crippen LogP contribution < -0.4 is 5.32 Å². The van der Waals surface area contributed by atoms with E-state index in [0.29, 0.717) is 22.3 Å². The van der Waals surface area contributed by atoms with E-state index >= 15 is 0 Å². The molecule has 1 aliphatic heterocycles. The third kappa shape index (κ3) is 2.36. The molecule has 0 aliphatic carbocycles. The Morgan fingerprint density at radius 3 is 2.75 bits per heavy atom. The van der Waals surface area contributed by atoms with Crippen molar-refractivity contribution in [2.45, 2.75) is 19.4 Å². The molecule has 84 valence electrons. The first kappa shape index (κ1) is 11.4. The van der Waals surface area contributed by atoms with Crippen molar-refractivity contribution in [2.75, 3.05) is 0 Å². The first-order chi connectivity index (χ1) is 7.56. The summed E-state index contributed by atoms with van der Waals surface area (Å²) in [7, 11) is 0. The van der Waals surface area contributed by atoms with Gasteiger partial charge in [0.15, 0.2) is 0 Å². The summed E-state index contributed by atoms with van der Waals surface area (Å²) >= 11 is 11.8. The number of rotatable bonds is 2. The van der Waals surface area contributed by atoms with E-state index in [4.69, 9.17) is 23.2 Å². The summed E-state index contributed by atoms with van der Waals surface area (Å²) < 4.78 is 0. The Morgan fingerprint density at radius 1 is 1.44 bits per heavy atom. The maximum atomic E-state index is 11.2. The molecule has 0 aromatic heterocycles. The molecule has 1 amide bonds. The highest BCUT2D eigenvalue weighted by molar-refractivity contribution is 6.35. The minimum absolute atomic E-state index is 0.0694. The highest BCUT2D eigenvalue weighted by atomic mass is 35.5. The quantitative estimate of drug-likeness (QED) is 0.868. The summed E-state index contributed by atoms with van der Waals surface area (Å²) in [6, 6.07) is 4.98. The summed E-state index contributed by atoms with van der Waals surface area (Å²) in [5.74, 6) is 0.585. The van der Waals surface area contributed by atoms with E-state index in [2.05, 4.69) is 10.3 Å². The number of amides is 1. The largest absolute Gasteiger partial charge is 0.312 e. The van der Waals surface area contributed by atoms with Crippen LogP contribution in [0.5, 0.6) is 0 Å². The fourth-order valence-electron chi connectivity index (χ4n) is 1.51. The molecule has 3 nitrogen and oxygen atoms in total. The second kappa shape index (κ2) is 4.44. The zero-order valence-corrected chi connectivity index (χ0v) is 10.1. The Balaban J connectivity index is 2.16. The summed E-state index contributed by atoms with van der Waals surface area (Å²) in [5, 5.41) is 3.90. The average Bonchev–Trinajstić information content (AvgIpc) is 2.51. The number of halogens is 2. The number of carbonyl (C=O) groups excluding carboxylic acids is 1. The lowest BCUT2D eigenvalue weighted by Gasteiger charge is -2.04. The van der Waals surface area contributed by atoms with E-state index in [1.165, 1.54) is 0 Å². The second-order valence-electron chi connectivity index (χ2n) is 3.65. The van der Waals surface area contributed by atoms with Crippen molar-refractivity contribution in [2.24, 2.45) is 4.99 Å². The molecular formula is C11H10Cl2N2O. The minimum Gasteiger partial charge on any atom is -0.312 e. The summed E-state index contributed by atoms with van der Waals surface area (Å²) in [5.41, 5.74) is 0.902. The first-order valence-corrected chi connectivity index (χ1v) is 5.63. The van der Waals surface area contributed by atoms with Crippen LogP contribution in [-0.4, -0.2) is 17.8 Å². The fourth-order valence-corrected chi connectivity index (χ4v) is 1.98. The van der Waals surface area contributed by atoms with Gasteiger partial charge in [-0.25, -0.2) is 0 Å². The fraction of sp³-hybridized carbons (Fsp3) is 0.273. The lowest BCUT2D eigenvalue weighted by atomic mass is 10.1. The molecule has 0 spiro atoms. The van der Waals surface area contributed by atoms with Crippen LogP contribution in [0.4, 0.5) is 0 Å². The van der Waals surface area contributed by atoms with E-state index in [1.807, 2.05) is 6.07 Å². The number of carbonyl (C=O) groups is 1. The molecule has 1 atom stereocenters. The number of nitrogens with one attached hydrogen (secondary N) is 1. The highest BCUT2D eigenvalue weighted by Gasteiger charge is 2.21. The van der Waals surface area contributed by atoms with Gasteiger partial charge < -0.3 is 5.32 Å². The van der Waals surface area contributed by atoms with Gasteiger partial charge in [0.1, 0.15) is 11.9 Å². The Morgan fingerprint density at radius 2 is 2.19 bits per heavy atom. The van der Waals surface area contributed by atoms with Gasteiger partial charge in [-0.3, -0.25) is 9.79 Å². The zero-order chi connectivity index (χ0) is 11.7. The highest BCUT2D eigenvalue weighted by Crippen LogP contribution is 2.22. The Hall–Kier alpha value is -1.06. The number of nitrogens with zero attached hydrogens (tertiary/aromatic N) is 1. The molecule has 0 fully saturated rings. The Kier molecular flexibility index (Phi) is 3.17. The summed E-state index contributed by atoms with van der Waals surface area (Å²) in [4.78, 5) is 15.4. The smallest absolute Gasteiger partial charge is 0.249 e. The van der Waals surface area contributed by atoms with Crippen molar-refractivity contribution in [3.8, 4) is 0 Å². The molecule has 2 rings (SSSR count). The van der Waals surface area contributed by atoms with Crippen molar-refractivity contribution in [1.29, 1.82) is 0 Å². The average molecular weight is 257 g/mol. The van der Waals surface area contributed by atoms with E-state index in [0.717, 1.165) is 5.56 Å². The van der Waals surface area contributed by atoms with Gasteiger partial charge in [0, 0.05) is 16.5 Å². The van der Waals surface area contributed by atoms with Crippen LogP contribution in [0.3, 0.4) is 0 Å². The normalized spacial score (nSPS) is 19.6. The molecule has 1 aromatic carbocycles. The van der Waals surface area contributed by atoms with Gasteiger partial charge in [-0.1, -0.05) is 29.3 Å². The van der Waals surface area contributed by atoms with Crippen molar-refractivity contribution in [3.63, 3.8) is 0 Å². The van der Waals surface area contributed by atoms with E-state index in [-0.39, 0.29) is 11.9 Å². The van der Waals surface area contributed by atoms with Crippen molar-refractivity contribution < 1.29 is 4.79 Å². The van der Waals surface area contributed by atoms with Crippen molar-refractivity contribution in [3.05, 3.63) is 33.8 Å². The molecule has 1 aromatic rings. The van der Waals surface area contributed by atoms with Gasteiger partial charge in [-0.05, 0) is 24.6 Å². The van der Waals surface area contributed by atoms with Gasteiger partial charge in [-0.15, -0.1) is 0 Å². The van der Waals surface area contributed by atoms with Gasteiger partial charge in [-0.2, -0.15) is 0 Å². The van der Waals surface area contributed by atoms with Crippen LogP contribution in [-0.2, 0) is 11.2 Å². The van der Waals surface area contributed by atoms with Crippen LogP contribution in [0.1, 0.15) is 12.5 Å². The molecule has 1 N–H and O–H groups in total. The van der Waals surface area contributed by atoms with Gasteiger partial charge in [0.05, 0.1) is 0 Å². The second-order valence-corrected chi connectivity index (χ2v) is 4.50. The third-order valence-electron chi connectivity index (χ3n) is 2.37. The van der Waals surface area contributed by atoms with Crippen LogP contribution >= 0.6 is 23.2 Å². The lowest BCUT2D eigenvalue weighted by molar-refractivity contribution is -0.119. The first-order valence-electron chi connectivity index (χ1n) is 4.88. The minimum atomic E-state index is -0.305. The molecule has 5 heteroatoms. The molecule has 0 bridgehead atoms. The molecule has 0 saturated carbocycles. The molecule has 1 unspecified atom stereocenters. The van der Waals surface area contributed by atoms with E-state index in [9.17, 15) is 4.79 Å². The molecular weight excluding hydrogens is 247 g/mol. The SMILES string of the molecule is CC1N=C(Cc2ccc(Cl)cc2Cl)NC1=O. The van der Waals surface area contributed by atoms with E-state index < -0.39 is 0 Å². The van der Waals surface area contributed by atoms with Gasteiger partial charge in [0.2, 0.25) is 5.91 Å². The zero-order valence-electron chi connectivity index (χ0n) is 8.63. The number of hydrogen-bond acceptors (Lipinski definition) is 2. The monoisotopic (exact) mass is 256 g/mol. The number of benzene rings is 1. The number of hydrogen-bond donors (Lipinski definition) is 1. The maximum absolute atomic E-state index is 11.2. The number of aliphatic imine (C=N–C) groups is 1. The maximum Gasteiger partial charge on any atom is 0.249 e. The van der Waals surface area contributed by atoms with Crippen LogP contribution in [0.25, 0.3) is 0 Å². The van der Waals surface area contributed by atoms with Gasteiger partial charge >= 0.3 is 0 Å². The van der Waals surface area contributed by atoms with Crippen molar-refractivity contribution in [1.82, 2.24) is 5.32 Å². The van der Waals surface area contributed by atoms with Crippen LogP contribution in [0.15, 0.2) is 23.2 Å². The molecule has 0 radical (unpaired) electrons. The molecule has 16 heavy (non-hydrogen) atoms. The Bertz CT molecular complexity index is 471. The topological polar surface area (TPSA) is 41.5 Å². The van der Waals surface area contributed by atoms with Crippen LogP contribution in [0.2, 0.25) is 10.0 Å². The standard InChI is InChI=1S/C11H10Cl2N2O/c1-6-11(16)15-10(14-6)4-7-2-3-8(12)5-9(7)13/h2-3,5-6H,4H2,1H3,(H,14,15,16). The van der Waals surface area contributed by atoms with E-state index in [1.54, 1.807) is 19.1 Å². The third-order valence-corrected chi connectivity index (χ3v) is 2.96. The molecule has 1 heterocycles.